The molecule has 0 radical (unpaired) electrons. The van der Waals surface area contributed by atoms with Crippen molar-refractivity contribution in [3.05, 3.63) is 53.6 Å². The SMILES string of the molecule is COc1cc2c(cc1OC)CC(=O)N(CCCNCCCNc1ccccc1)CC2.Cl.Cl. The number of amides is 1. The highest BCUT2D eigenvalue weighted by molar-refractivity contribution is 5.85. The molecular weight excluding hydrogens is 449 g/mol. The Kier molecular flexibility index (Phi) is 12.9. The van der Waals surface area contributed by atoms with Crippen molar-refractivity contribution >= 4 is 36.4 Å². The van der Waals surface area contributed by atoms with E-state index in [0.717, 1.165) is 69.0 Å². The number of nitrogens with zero attached hydrogens (tertiary/aromatic N) is 1. The first-order chi connectivity index (χ1) is 14.7. The second-order valence-corrected chi connectivity index (χ2v) is 7.53. The van der Waals surface area contributed by atoms with Crippen molar-refractivity contribution in [2.45, 2.75) is 25.7 Å². The van der Waals surface area contributed by atoms with Crippen LogP contribution in [-0.2, 0) is 17.6 Å². The molecule has 3 rings (SSSR count). The molecule has 178 valence electrons. The lowest BCUT2D eigenvalue weighted by Crippen LogP contribution is -2.34. The molecule has 2 N–H and O–H groups in total. The monoisotopic (exact) mass is 483 g/mol. The Balaban J connectivity index is 0.00000256. The van der Waals surface area contributed by atoms with E-state index in [1.807, 2.05) is 35.2 Å². The molecule has 0 fully saturated rings. The van der Waals surface area contributed by atoms with E-state index >= 15 is 0 Å². The summed E-state index contributed by atoms with van der Waals surface area (Å²) in [5.41, 5.74) is 3.38. The molecule has 1 aliphatic rings. The minimum atomic E-state index is 0. The van der Waals surface area contributed by atoms with Crippen LogP contribution in [-0.4, -0.2) is 57.8 Å². The number of carbonyl (C=O) groups excluding carboxylic acids is 1. The highest BCUT2D eigenvalue weighted by Gasteiger charge is 2.22. The number of halogens is 2. The van der Waals surface area contributed by atoms with E-state index < -0.39 is 0 Å². The summed E-state index contributed by atoms with van der Waals surface area (Å²) in [6.07, 6.45) is 3.30. The Morgan fingerprint density at radius 3 is 2.25 bits per heavy atom. The fourth-order valence-corrected chi connectivity index (χ4v) is 3.77. The molecule has 8 heteroatoms. The number of para-hydroxylation sites is 1. The van der Waals surface area contributed by atoms with Crippen molar-refractivity contribution in [3.8, 4) is 11.5 Å². The van der Waals surface area contributed by atoms with Crippen LogP contribution in [0.25, 0.3) is 0 Å². The van der Waals surface area contributed by atoms with Crippen LogP contribution in [0.2, 0.25) is 0 Å². The third-order valence-corrected chi connectivity index (χ3v) is 5.47. The summed E-state index contributed by atoms with van der Waals surface area (Å²) in [6.45, 7) is 4.38. The van der Waals surface area contributed by atoms with Gasteiger partial charge in [-0.25, -0.2) is 0 Å². The Labute approximate surface area is 203 Å². The molecule has 0 atom stereocenters. The van der Waals surface area contributed by atoms with E-state index in [-0.39, 0.29) is 30.7 Å². The van der Waals surface area contributed by atoms with Gasteiger partial charge in [-0.05, 0) is 67.7 Å². The van der Waals surface area contributed by atoms with Gasteiger partial charge >= 0.3 is 0 Å². The summed E-state index contributed by atoms with van der Waals surface area (Å²) in [5.74, 6) is 1.60. The van der Waals surface area contributed by atoms with Gasteiger partial charge in [0.2, 0.25) is 5.91 Å². The fraction of sp³-hybridized carbons (Fsp3) is 0.458. The molecule has 1 aliphatic heterocycles. The topological polar surface area (TPSA) is 62.8 Å². The average Bonchev–Trinajstić information content (AvgIpc) is 2.93. The van der Waals surface area contributed by atoms with Crippen molar-refractivity contribution in [2.24, 2.45) is 0 Å². The lowest BCUT2D eigenvalue weighted by Gasteiger charge is -2.20. The highest BCUT2D eigenvalue weighted by Crippen LogP contribution is 2.32. The summed E-state index contributed by atoms with van der Waals surface area (Å²) in [5, 5.41) is 6.89. The van der Waals surface area contributed by atoms with E-state index in [2.05, 4.69) is 22.8 Å². The number of rotatable bonds is 11. The zero-order valence-corrected chi connectivity index (χ0v) is 20.5. The number of methoxy groups -OCH3 is 2. The smallest absolute Gasteiger partial charge is 0.227 e. The third-order valence-electron chi connectivity index (χ3n) is 5.47. The fourth-order valence-electron chi connectivity index (χ4n) is 3.77. The predicted molar refractivity (Wildman–Crippen MR) is 135 cm³/mol. The first kappa shape index (κ1) is 27.9. The maximum Gasteiger partial charge on any atom is 0.227 e. The molecule has 1 heterocycles. The van der Waals surface area contributed by atoms with E-state index in [9.17, 15) is 4.79 Å². The van der Waals surface area contributed by atoms with Gasteiger partial charge in [-0.1, -0.05) is 18.2 Å². The van der Waals surface area contributed by atoms with E-state index in [0.29, 0.717) is 12.2 Å². The van der Waals surface area contributed by atoms with E-state index in [4.69, 9.17) is 9.47 Å². The van der Waals surface area contributed by atoms with Crippen molar-refractivity contribution in [2.75, 3.05) is 52.3 Å². The number of fused-ring (bicyclic) bond motifs is 1. The van der Waals surface area contributed by atoms with Crippen LogP contribution in [0, 0.1) is 0 Å². The van der Waals surface area contributed by atoms with Gasteiger partial charge in [0.05, 0.1) is 20.6 Å². The van der Waals surface area contributed by atoms with Crippen LogP contribution in [0.15, 0.2) is 42.5 Å². The molecule has 0 aliphatic carbocycles. The molecule has 6 nitrogen and oxygen atoms in total. The van der Waals surface area contributed by atoms with Gasteiger partial charge in [0.25, 0.3) is 0 Å². The van der Waals surface area contributed by atoms with Crippen LogP contribution in [0.3, 0.4) is 0 Å². The van der Waals surface area contributed by atoms with Crippen LogP contribution in [0.4, 0.5) is 5.69 Å². The Morgan fingerprint density at radius 2 is 1.56 bits per heavy atom. The molecule has 32 heavy (non-hydrogen) atoms. The molecule has 2 aromatic rings. The zero-order chi connectivity index (χ0) is 21.2. The van der Waals surface area contributed by atoms with Gasteiger partial charge in [0, 0.05) is 25.3 Å². The minimum Gasteiger partial charge on any atom is -0.493 e. The first-order valence-electron chi connectivity index (χ1n) is 10.7. The normalized spacial score (nSPS) is 12.7. The maximum atomic E-state index is 12.7. The summed E-state index contributed by atoms with van der Waals surface area (Å²) in [6, 6.07) is 14.2. The molecule has 0 aromatic heterocycles. The second kappa shape index (κ2) is 14.8. The number of ether oxygens (including phenoxy) is 2. The number of nitrogens with one attached hydrogen (secondary N) is 2. The average molecular weight is 484 g/mol. The quantitative estimate of drug-likeness (QED) is 0.473. The molecule has 0 unspecified atom stereocenters. The summed E-state index contributed by atoms with van der Waals surface area (Å²) in [4.78, 5) is 14.7. The van der Waals surface area contributed by atoms with Gasteiger partial charge in [-0.3, -0.25) is 4.79 Å². The van der Waals surface area contributed by atoms with Crippen molar-refractivity contribution in [3.63, 3.8) is 0 Å². The first-order valence-corrected chi connectivity index (χ1v) is 10.7. The van der Waals surface area contributed by atoms with Crippen LogP contribution in [0.1, 0.15) is 24.0 Å². The summed E-state index contributed by atoms with van der Waals surface area (Å²) in [7, 11) is 3.27. The number of hydrogen-bond acceptors (Lipinski definition) is 5. The summed E-state index contributed by atoms with van der Waals surface area (Å²) >= 11 is 0. The van der Waals surface area contributed by atoms with Crippen LogP contribution < -0.4 is 20.1 Å². The minimum absolute atomic E-state index is 0. The van der Waals surface area contributed by atoms with Gasteiger partial charge in [0.1, 0.15) is 0 Å². The predicted octanol–water partition coefficient (Wildman–Crippen LogP) is 3.96. The molecule has 0 saturated carbocycles. The van der Waals surface area contributed by atoms with Crippen LogP contribution >= 0.6 is 24.8 Å². The third kappa shape index (κ3) is 8.08. The number of hydrogen-bond donors (Lipinski definition) is 2. The standard InChI is InChI=1S/C24H33N3O3.2ClH/c1-29-22-16-19-10-15-27(24(28)18-20(19)17-23(22)30-2)14-7-12-25-11-6-13-26-21-8-4-3-5-9-21;;/h3-5,8-9,16-17,25-26H,6-7,10-15,18H2,1-2H3;2*1H. The molecular formula is C24H35Cl2N3O3. The Hall–Kier alpha value is -2.15. The molecule has 2 aromatic carbocycles. The number of benzene rings is 2. The molecule has 0 saturated heterocycles. The Bertz CT molecular complexity index is 822. The largest absolute Gasteiger partial charge is 0.493 e. The van der Waals surface area contributed by atoms with Crippen LogP contribution in [0.5, 0.6) is 11.5 Å². The lowest BCUT2D eigenvalue weighted by atomic mass is 10.0. The summed E-state index contributed by atoms with van der Waals surface area (Å²) < 4.78 is 10.8. The van der Waals surface area contributed by atoms with Crippen molar-refractivity contribution in [1.29, 1.82) is 0 Å². The number of anilines is 1. The Morgan fingerprint density at radius 1 is 0.906 bits per heavy atom. The molecule has 0 bridgehead atoms. The second-order valence-electron chi connectivity index (χ2n) is 7.53. The molecule has 0 spiro atoms. The number of carbonyl (C=O) groups is 1. The zero-order valence-electron chi connectivity index (χ0n) is 18.9. The van der Waals surface area contributed by atoms with Crippen molar-refractivity contribution in [1.82, 2.24) is 10.2 Å². The maximum absolute atomic E-state index is 12.7. The van der Waals surface area contributed by atoms with Gasteiger partial charge in [-0.2, -0.15) is 0 Å². The van der Waals surface area contributed by atoms with E-state index in [1.165, 1.54) is 5.56 Å². The van der Waals surface area contributed by atoms with Gasteiger partial charge in [0.15, 0.2) is 11.5 Å². The van der Waals surface area contributed by atoms with Gasteiger partial charge < -0.3 is 25.0 Å². The highest BCUT2D eigenvalue weighted by atomic mass is 35.5. The van der Waals surface area contributed by atoms with Crippen molar-refractivity contribution < 1.29 is 14.3 Å². The van der Waals surface area contributed by atoms with E-state index in [1.54, 1.807) is 14.2 Å². The lowest BCUT2D eigenvalue weighted by molar-refractivity contribution is -0.130. The van der Waals surface area contributed by atoms with Gasteiger partial charge in [-0.15, -0.1) is 24.8 Å². The molecule has 1 amide bonds.